The summed E-state index contributed by atoms with van der Waals surface area (Å²) in [4.78, 5) is 17.9. The number of aromatic nitrogens is 1. The Bertz CT molecular complexity index is 905. The highest BCUT2D eigenvalue weighted by Crippen LogP contribution is 2.25. The highest BCUT2D eigenvalue weighted by molar-refractivity contribution is 5.94. The van der Waals surface area contributed by atoms with Crippen LogP contribution >= 0.6 is 0 Å². The molecule has 1 aliphatic rings. The zero-order valence-electron chi connectivity index (χ0n) is 15.0. The molecule has 0 saturated carbocycles. The van der Waals surface area contributed by atoms with Gasteiger partial charge in [0.15, 0.2) is 0 Å². The van der Waals surface area contributed by atoms with Gasteiger partial charge in [-0.05, 0) is 54.3 Å². The first kappa shape index (κ1) is 17.3. The highest BCUT2D eigenvalue weighted by Gasteiger charge is 2.25. The van der Waals surface area contributed by atoms with E-state index in [-0.39, 0.29) is 11.7 Å². The minimum absolute atomic E-state index is 0.122. The Morgan fingerprint density at radius 1 is 1.11 bits per heavy atom. The van der Waals surface area contributed by atoms with Gasteiger partial charge in [0, 0.05) is 31.0 Å². The molecule has 1 atom stereocenters. The van der Waals surface area contributed by atoms with Crippen LogP contribution in [0.25, 0.3) is 11.1 Å². The van der Waals surface area contributed by atoms with Crippen molar-refractivity contribution in [1.82, 2.24) is 10.3 Å². The molecule has 0 unspecified atom stereocenters. The van der Waals surface area contributed by atoms with Crippen molar-refractivity contribution in [2.24, 2.45) is 0 Å². The second-order valence-corrected chi connectivity index (χ2v) is 6.84. The minimum Gasteiger partial charge on any atom is -0.367 e. The number of carbonyl (C=O) groups is 1. The fourth-order valence-electron chi connectivity index (χ4n) is 3.65. The van der Waals surface area contributed by atoms with Gasteiger partial charge in [-0.2, -0.15) is 0 Å². The summed E-state index contributed by atoms with van der Waals surface area (Å²) in [6.07, 6.45) is 3.97. The Balaban J connectivity index is 1.39. The Labute approximate surface area is 158 Å². The molecule has 0 aliphatic carbocycles. The van der Waals surface area contributed by atoms with E-state index in [1.54, 1.807) is 24.4 Å². The van der Waals surface area contributed by atoms with E-state index in [4.69, 9.17) is 0 Å². The van der Waals surface area contributed by atoms with Crippen molar-refractivity contribution in [3.8, 4) is 11.1 Å². The predicted octanol–water partition coefficient (Wildman–Crippen LogP) is 4.22. The van der Waals surface area contributed by atoms with Gasteiger partial charge in [0.1, 0.15) is 11.5 Å². The number of hydrogen-bond acceptors (Lipinski definition) is 2. The van der Waals surface area contributed by atoms with E-state index in [2.05, 4.69) is 27.3 Å². The Hall–Kier alpha value is -3.08. The lowest BCUT2D eigenvalue weighted by molar-refractivity contribution is 0.0947. The van der Waals surface area contributed by atoms with Crippen LogP contribution in [-0.2, 0) is 0 Å². The molecular weight excluding hydrogens is 341 g/mol. The topological polar surface area (TPSA) is 48.1 Å². The number of halogens is 1. The summed E-state index contributed by atoms with van der Waals surface area (Å²) in [7, 11) is 0. The van der Waals surface area contributed by atoms with Gasteiger partial charge in [0.25, 0.3) is 5.91 Å². The molecule has 2 aromatic carbocycles. The van der Waals surface area contributed by atoms with Crippen LogP contribution in [0.1, 0.15) is 23.3 Å². The molecule has 1 saturated heterocycles. The summed E-state index contributed by atoms with van der Waals surface area (Å²) >= 11 is 0. The first-order valence-electron chi connectivity index (χ1n) is 9.25. The van der Waals surface area contributed by atoms with Gasteiger partial charge in [-0.15, -0.1) is 0 Å². The maximum absolute atomic E-state index is 13.1. The van der Waals surface area contributed by atoms with E-state index < -0.39 is 0 Å². The van der Waals surface area contributed by atoms with Crippen molar-refractivity contribution in [3.63, 3.8) is 0 Å². The van der Waals surface area contributed by atoms with E-state index in [0.29, 0.717) is 18.3 Å². The monoisotopic (exact) mass is 363 g/mol. The normalized spacial score (nSPS) is 16.5. The van der Waals surface area contributed by atoms with Crippen LogP contribution in [0.3, 0.4) is 0 Å². The van der Waals surface area contributed by atoms with Crippen LogP contribution in [0.15, 0.2) is 66.9 Å². The van der Waals surface area contributed by atoms with Gasteiger partial charge in [0.05, 0.1) is 0 Å². The van der Waals surface area contributed by atoms with Crippen molar-refractivity contribution in [3.05, 3.63) is 78.4 Å². The van der Waals surface area contributed by atoms with E-state index in [9.17, 15) is 9.18 Å². The van der Waals surface area contributed by atoms with Crippen molar-refractivity contribution in [2.75, 3.05) is 18.0 Å². The molecule has 1 aromatic heterocycles. The van der Waals surface area contributed by atoms with Gasteiger partial charge >= 0.3 is 0 Å². The molecule has 27 heavy (non-hydrogen) atoms. The number of benzene rings is 2. The first-order valence-corrected chi connectivity index (χ1v) is 9.25. The number of H-pyrrole nitrogens is 1. The number of amides is 1. The lowest BCUT2D eigenvalue weighted by atomic mass is 10.1. The summed E-state index contributed by atoms with van der Waals surface area (Å²) in [6, 6.07) is 18.7. The molecule has 1 fully saturated rings. The lowest BCUT2D eigenvalue weighted by Crippen LogP contribution is -2.40. The van der Waals surface area contributed by atoms with Gasteiger partial charge in [-0.25, -0.2) is 4.39 Å². The molecule has 2 N–H and O–H groups in total. The number of carbonyl (C=O) groups excluding carboxylic acids is 1. The van der Waals surface area contributed by atoms with Crippen LogP contribution in [0, 0.1) is 5.82 Å². The van der Waals surface area contributed by atoms with E-state index in [1.807, 2.05) is 18.2 Å². The Morgan fingerprint density at radius 3 is 2.67 bits per heavy atom. The fraction of sp³-hybridized carbons (Fsp3) is 0.227. The molecule has 0 bridgehead atoms. The second-order valence-electron chi connectivity index (χ2n) is 6.84. The summed E-state index contributed by atoms with van der Waals surface area (Å²) < 4.78 is 13.1. The lowest BCUT2D eigenvalue weighted by Gasteiger charge is -2.27. The average Bonchev–Trinajstić information content (AvgIpc) is 3.37. The maximum atomic E-state index is 13.1. The van der Waals surface area contributed by atoms with Crippen molar-refractivity contribution in [1.29, 1.82) is 0 Å². The highest BCUT2D eigenvalue weighted by atomic mass is 19.1. The van der Waals surface area contributed by atoms with Crippen molar-refractivity contribution in [2.45, 2.75) is 18.9 Å². The molecule has 4 rings (SSSR count). The largest absolute Gasteiger partial charge is 0.367 e. The van der Waals surface area contributed by atoms with E-state index in [0.717, 1.165) is 30.5 Å². The summed E-state index contributed by atoms with van der Waals surface area (Å²) in [5.41, 5.74) is 3.45. The number of nitrogens with zero attached hydrogens (tertiary/aromatic N) is 1. The quantitative estimate of drug-likeness (QED) is 0.713. The number of aromatic amines is 1. The Kier molecular flexibility index (Phi) is 4.92. The SMILES string of the molecule is O=C(NC[C@H]1CCCN1c1ccccc1)c1cc(-c2ccc(F)cc2)c[nH]1. The van der Waals surface area contributed by atoms with Gasteiger partial charge in [-0.1, -0.05) is 30.3 Å². The number of para-hydroxylation sites is 1. The van der Waals surface area contributed by atoms with Crippen LogP contribution in [0.2, 0.25) is 0 Å². The van der Waals surface area contributed by atoms with Gasteiger partial charge in [-0.3, -0.25) is 4.79 Å². The van der Waals surface area contributed by atoms with Crippen molar-refractivity contribution < 1.29 is 9.18 Å². The van der Waals surface area contributed by atoms with Crippen LogP contribution in [-0.4, -0.2) is 30.0 Å². The van der Waals surface area contributed by atoms with E-state index >= 15 is 0 Å². The van der Waals surface area contributed by atoms with E-state index in [1.165, 1.54) is 17.8 Å². The molecule has 2 heterocycles. The first-order chi connectivity index (χ1) is 13.2. The number of nitrogens with one attached hydrogen (secondary N) is 2. The third-order valence-electron chi connectivity index (χ3n) is 5.07. The van der Waals surface area contributed by atoms with Crippen LogP contribution < -0.4 is 10.2 Å². The third-order valence-corrected chi connectivity index (χ3v) is 5.07. The molecule has 1 aliphatic heterocycles. The average molecular weight is 363 g/mol. The minimum atomic E-state index is -0.271. The maximum Gasteiger partial charge on any atom is 0.267 e. The van der Waals surface area contributed by atoms with Crippen LogP contribution in [0.5, 0.6) is 0 Å². The Morgan fingerprint density at radius 2 is 1.89 bits per heavy atom. The number of rotatable bonds is 5. The molecule has 0 radical (unpaired) electrons. The molecule has 138 valence electrons. The number of anilines is 1. The summed E-state index contributed by atoms with van der Waals surface area (Å²) in [5.74, 6) is -0.393. The van der Waals surface area contributed by atoms with Crippen molar-refractivity contribution >= 4 is 11.6 Å². The second kappa shape index (κ2) is 7.66. The molecule has 1 amide bonds. The smallest absolute Gasteiger partial charge is 0.267 e. The molecule has 3 aromatic rings. The zero-order valence-corrected chi connectivity index (χ0v) is 15.0. The third kappa shape index (κ3) is 3.87. The van der Waals surface area contributed by atoms with Gasteiger partial charge < -0.3 is 15.2 Å². The molecule has 0 spiro atoms. The molecule has 5 heteroatoms. The number of hydrogen-bond donors (Lipinski definition) is 2. The molecule has 4 nitrogen and oxygen atoms in total. The standard InChI is InChI=1S/C22H22FN3O/c23-18-10-8-16(9-11-18)17-13-21(24-14-17)22(27)25-15-20-7-4-12-26(20)19-5-2-1-3-6-19/h1-3,5-6,8-11,13-14,20,24H,4,7,12,15H2,(H,25,27)/t20-/m1/s1. The fourth-order valence-corrected chi connectivity index (χ4v) is 3.65. The molecular formula is C22H22FN3O. The van der Waals surface area contributed by atoms with Gasteiger partial charge in [0.2, 0.25) is 0 Å². The summed E-state index contributed by atoms with van der Waals surface area (Å²) in [6.45, 7) is 1.63. The predicted molar refractivity (Wildman–Crippen MR) is 105 cm³/mol. The van der Waals surface area contributed by atoms with Crippen LogP contribution in [0.4, 0.5) is 10.1 Å². The zero-order chi connectivity index (χ0) is 18.6. The summed E-state index contributed by atoms with van der Waals surface area (Å²) in [5, 5.41) is 3.04.